The molecular formula is C25H19BrClN7O4. The van der Waals surface area contributed by atoms with Crippen LogP contribution in [0.2, 0.25) is 5.02 Å². The molecule has 0 unspecified atom stereocenters. The van der Waals surface area contributed by atoms with E-state index in [2.05, 4.69) is 36.4 Å². The first-order valence-electron chi connectivity index (χ1n) is 11.3. The lowest BCUT2D eigenvalue weighted by atomic mass is 10.2. The van der Waals surface area contributed by atoms with Gasteiger partial charge in [-0.05, 0) is 59.6 Å². The Morgan fingerprint density at radius 1 is 1.16 bits per heavy atom. The van der Waals surface area contributed by atoms with Gasteiger partial charge in [0.05, 0.1) is 26.8 Å². The summed E-state index contributed by atoms with van der Waals surface area (Å²) in [5.41, 5.74) is 2.49. The molecule has 0 fully saturated rings. The molecule has 5 rings (SSSR count). The van der Waals surface area contributed by atoms with Crippen LogP contribution in [0, 0.1) is 17.0 Å². The Morgan fingerprint density at radius 3 is 2.68 bits per heavy atom. The molecule has 0 spiro atoms. The summed E-state index contributed by atoms with van der Waals surface area (Å²) in [6.45, 7) is 4.48. The molecule has 38 heavy (non-hydrogen) atoms. The largest absolute Gasteiger partial charge is 0.457 e. The maximum absolute atomic E-state index is 13.1. The van der Waals surface area contributed by atoms with Crippen LogP contribution in [0.25, 0.3) is 17.0 Å². The van der Waals surface area contributed by atoms with E-state index in [1.807, 2.05) is 20.0 Å². The van der Waals surface area contributed by atoms with Crippen LogP contribution in [0.5, 0.6) is 11.5 Å². The number of aryl methyl sites for hydroxylation is 2. The number of hydrogen-bond acceptors (Lipinski definition) is 7. The van der Waals surface area contributed by atoms with Gasteiger partial charge in [-0.2, -0.15) is 10.2 Å². The topological polar surface area (TPSA) is 129 Å². The number of amides is 1. The summed E-state index contributed by atoms with van der Waals surface area (Å²) in [5, 5.41) is 23.7. The van der Waals surface area contributed by atoms with Crippen molar-refractivity contribution in [2.24, 2.45) is 0 Å². The second-order valence-corrected chi connectivity index (χ2v) is 9.51. The number of carbonyl (C=O) groups excluding carboxylic acids is 1. The molecule has 2 aromatic carbocycles. The fourth-order valence-electron chi connectivity index (χ4n) is 3.75. The molecule has 0 aliphatic rings. The highest BCUT2D eigenvalue weighted by atomic mass is 79.9. The average molecular weight is 597 g/mol. The van der Waals surface area contributed by atoms with E-state index in [9.17, 15) is 14.9 Å². The molecule has 1 amide bonds. The second kappa shape index (κ2) is 10.2. The van der Waals surface area contributed by atoms with Gasteiger partial charge in [-0.25, -0.2) is 9.50 Å². The molecule has 11 nitrogen and oxygen atoms in total. The zero-order chi connectivity index (χ0) is 27.0. The Labute approximate surface area is 229 Å². The van der Waals surface area contributed by atoms with E-state index >= 15 is 0 Å². The number of carbonyl (C=O) groups is 1. The van der Waals surface area contributed by atoms with Gasteiger partial charge in [-0.3, -0.25) is 19.6 Å². The molecule has 0 aliphatic carbocycles. The van der Waals surface area contributed by atoms with Crippen LogP contribution in [0.1, 0.15) is 23.0 Å². The Hall–Kier alpha value is -4.29. The minimum absolute atomic E-state index is 0.0679. The van der Waals surface area contributed by atoms with Crippen LogP contribution in [-0.2, 0) is 6.54 Å². The first-order valence-corrected chi connectivity index (χ1v) is 12.5. The minimum Gasteiger partial charge on any atom is -0.457 e. The smallest absolute Gasteiger partial charge is 0.276 e. The second-order valence-electron chi connectivity index (χ2n) is 8.25. The molecule has 192 valence electrons. The van der Waals surface area contributed by atoms with Crippen LogP contribution in [0.4, 0.5) is 11.4 Å². The summed E-state index contributed by atoms with van der Waals surface area (Å²) in [6.07, 6.45) is 3.46. The van der Waals surface area contributed by atoms with E-state index in [4.69, 9.17) is 16.3 Å². The SMILES string of the molecule is CCn1cc(Br)c(-c2ccnc3cc(C(=O)Nc4cc(Oc5ccc(Cl)c(C)c5)cc([N+](=O)[O-])c4)nn23)n1. The van der Waals surface area contributed by atoms with E-state index < -0.39 is 10.8 Å². The third-order valence-electron chi connectivity index (χ3n) is 5.60. The zero-order valence-electron chi connectivity index (χ0n) is 20.1. The molecule has 0 aliphatic heterocycles. The summed E-state index contributed by atoms with van der Waals surface area (Å²) in [6, 6.07) is 12.3. The van der Waals surface area contributed by atoms with Crippen molar-refractivity contribution < 1.29 is 14.5 Å². The summed E-state index contributed by atoms with van der Waals surface area (Å²) < 4.78 is 9.88. The molecule has 0 radical (unpaired) electrons. The first kappa shape index (κ1) is 25.4. The highest BCUT2D eigenvalue weighted by Gasteiger charge is 2.19. The van der Waals surface area contributed by atoms with E-state index in [0.29, 0.717) is 34.4 Å². The highest BCUT2D eigenvalue weighted by molar-refractivity contribution is 9.10. The molecule has 0 saturated heterocycles. The fourth-order valence-corrected chi connectivity index (χ4v) is 4.39. The number of aromatic nitrogens is 5. The van der Waals surface area contributed by atoms with Crippen molar-refractivity contribution >= 4 is 50.5 Å². The number of nitro groups is 1. The Balaban J connectivity index is 1.45. The van der Waals surface area contributed by atoms with Gasteiger partial charge in [-0.15, -0.1) is 0 Å². The Morgan fingerprint density at radius 2 is 1.97 bits per heavy atom. The summed E-state index contributed by atoms with van der Waals surface area (Å²) in [7, 11) is 0. The van der Waals surface area contributed by atoms with Gasteiger partial charge < -0.3 is 10.1 Å². The quantitative estimate of drug-likeness (QED) is 0.173. The molecule has 0 atom stereocenters. The number of rotatable bonds is 7. The molecule has 5 aromatic rings. The number of nitrogens with zero attached hydrogens (tertiary/aromatic N) is 6. The molecule has 13 heteroatoms. The molecule has 1 N–H and O–H groups in total. The summed E-state index contributed by atoms with van der Waals surface area (Å²) in [4.78, 5) is 28.4. The maximum atomic E-state index is 13.1. The van der Waals surface area contributed by atoms with Gasteiger partial charge in [0, 0.05) is 42.2 Å². The zero-order valence-corrected chi connectivity index (χ0v) is 22.4. The number of benzene rings is 2. The van der Waals surface area contributed by atoms with Crippen molar-refractivity contribution in [2.45, 2.75) is 20.4 Å². The van der Waals surface area contributed by atoms with Crippen LogP contribution in [0.15, 0.2) is 65.4 Å². The van der Waals surface area contributed by atoms with Crippen LogP contribution in [0.3, 0.4) is 0 Å². The summed E-state index contributed by atoms with van der Waals surface area (Å²) in [5.74, 6) is 0.0419. The van der Waals surface area contributed by atoms with Crippen LogP contribution in [-0.4, -0.2) is 35.2 Å². The van der Waals surface area contributed by atoms with Crippen LogP contribution >= 0.6 is 27.5 Å². The van der Waals surface area contributed by atoms with Crippen molar-refractivity contribution in [3.05, 3.63) is 91.8 Å². The van der Waals surface area contributed by atoms with Crippen molar-refractivity contribution in [1.29, 1.82) is 0 Å². The number of nitro benzene ring substituents is 1. The third kappa shape index (κ3) is 5.08. The lowest BCUT2D eigenvalue weighted by Gasteiger charge is -2.10. The van der Waals surface area contributed by atoms with Crippen LogP contribution < -0.4 is 10.1 Å². The standard InChI is InChI=1S/C25H19BrClN7O4/c1-3-32-13-19(26)24(31-32)22-6-7-28-23-12-21(30-33(22)23)25(35)29-15-9-16(34(36)37)11-18(10-15)38-17-4-5-20(27)14(2)8-17/h4-13H,3H2,1-2H3,(H,29,35). The molecule has 3 heterocycles. The average Bonchev–Trinajstić information content (AvgIpc) is 3.49. The van der Waals surface area contributed by atoms with Crippen molar-refractivity contribution in [3.63, 3.8) is 0 Å². The van der Waals surface area contributed by atoms with E-state index in [1.165, 1.54) is 28.8 Å². The predicted molar refractivity (Wildman–Crippen MR) is 145 cm³/mol. The molecule has 0 bridgehead atoms. The van der Waals surface area contributed by atoms with E-state index in [1.54, 1.807) is 35.1 Å². The molecular weight excluding hydrogens is 578 g/mol. The number of nitrogens with one attached hydrogen (secondary N) is 1. The van der Waals surface area contributed by atoms with Gasteiger partial charge in [0.1, 0.15) is 17.2 Å². The lowest BCUT2D eigenvalue weighted by molar-refractivity contribution is -0.384. The Kier molecular flexibility index (Phi) is 6.83. The number of non-ortho nitro benzene ring substituents is 1. The predicted octanol–water partition coefficient (Wildman–Crippen LogP) is 6.29. The van der Waals surface area contributed by atoms with E-state index in [-0.39, 0.29) is 22.8 Å². The fraction of sp³-hybridized carbons (Fsp3) is 0.120. The van der Waals surface area contributed by atoms with E-state index in [0.717, 1.165) is 10.0 Å². The maximum Gasteiger partial charge on any atom is 0.276 e. The highest BCUT2D eigenvalue weighted by Crippen LogP contribution is 2.32. The van der Waals surface area contributed by atoms with Crippen molar-refractivity contribution in [3.8, 4) is 22.9 Å². The van der Waals surface area contributed by atoms with Gasteiger partial charge in [0.15, 0.2) is 11.3 Å². The number of hydrogen-bond donors (Lipinski definition) is 1. The molecule has 0 saturated carbocycles. The number of halogens is 2. The van der Waals surface area contributed by atoms with Gasteiger partial charge >= 0.3 is 0 Å². The van der Waals surface area contributed by atoms with Crippen molar-refractivity contribution in [2.75, 3.05) is 5.32 Å². The number of anilines is 1. The molecule has 3 aromatic heterocycles. The Bertz CT molecular complexity index is 1720. The first-order chi connectivity index (χ1) is 18.2. The van der Waals surface area contributed by atoms with Gasteiger partial charge in [0.25, 0.3) is 11.6 Å². The van der Waals surface area contributed by atoms with Gasteiger partial charge in [-0.1, -0.05) is 11.6 Å². The third-order valence-corrected chi connectivity index (χ3v) is 6.60. The van der Waals surface area contributed by atoms with Gasteiger partial charge in [0.2, 0.25) is 0 Å². The summed E-state index contributed by atoms with van der Waals surface area (Å²) >= 11 is 9.59. The monoisotopic (exact) mass is 595 g/mol. The lowest BCUT2D eigenvalue weighted by Crippen LogP contribution is -2.13. The number of fused-ring (bicyclic) bond motifs is 1. The minimum atomic E-state index is -0.576. The normalized spacial score (nSPS) is 11.1. The van der Waals surface area contributed by atoms with Crippen molar-refractivity contribution in [1.82, 2.24) is 24.4 Å². The number of ether oxygens (including phenoxy) is 1.